The van der Waals surface area contributed by atoms with E-state index in [0.29, 0.717) is 5.02 Å². The number of hydrogen-bond acceptors (Lipinski definition) is 5. The van der Waals surface area contributed by atoms with E-state index in [9.17, 15) is 4.79 Å². The Balaban J connectivity index is 1.99. The number of carbonyl (C=O) groups is 1. The first-order chi connectivity index (χ1) is 12.8. The van der Waals surface area contributed by atoms with Crippen LogP contribution in [0.3, 0.4) is 0 Å². The Morgan fingerprint density at radius 2 is 1.93 bits per heavy atom. The van der Waals surface area contributed by atoms with Gasteiger partial charge < -0.3 is 5.73 Å². The summed E-state index contributed by atoms with van der Waals surface area (Å²) in [6.07, 6.45) is 2.40. The van der Waals surface area contributed by atoms with Gasteiger partial charge in [-0.25, -0.2) is 4.68 Å². The Morgan fingerprint density at radius 3 is 2.48 bits per heavy atom. The Kier molecular flexibility index (Phi) is 5.81. The molecule has 27 heavy (non-hydrogen) atoms. The van der Waals surface area contributed by atoms with Crippen LogP contribution in [0.1, 0.15) is 57.5 Å². The van der Waals surface area contributed by atoms with Crippen molar-refractivity contribution in [3.63, 3.8) is 0 Å². The molecule has 7 nitrogen and oxygen atoms in total. The molecule has 1 aromatic heterocycles. The van der Waals surface area contributed by atoms with Crippen LogP contribution in [-0.2, 0) is 10.3 Å². The van der Waals surface area contributed by atoms with E-state index in [-0.39, 0.29) is 23.4 Å². The van der Waals surface area contributed by atoms with Gasteiger partial charge >= 0.3 is 0 Å². The van der Waals surface area contributed by atoms with Crippen LogP contribution < -0.4 is 5.73 Å². The highest BCUT2D eigenvalue weighted by atomic mass is 35.5. The number of benzene rings is 1. The first kappa shape index (κ1) is 19.8. The van der Waals surface area contributed by atoms with Crippen LogP contribution in [0.25, 0.3) is 0 Å². The number of piperidine rings is 1. The van der Waals surface area contributed by atoms with Gasteiger partial charge in [-0.05, 0) is 74.3 Å². The van der Waals surface area contributed by atoms with Gasteiger partial charge in [-0.1, -0.05) is 30.7 Å². The highest BCUT2D eigenvalue weighted by Gasteiger charge is 2.35. The molecule has 8 heteroatoms. The molecule has 2 heterocycles. The molecule has 1 saturated heterocycles. The summed E-state index contributed by atoms with van der Waals surface area (Å²) < 4.78 is 1.92. The van der Waals surface area contributed by atoms with E-state index >= 15 is 0 Å². The predicted molar refractivity (Wildman–Crippen MR) is 104 cm³/mol. The molecule has 1 aromatic carbocycles. The minimum absolute atomic E-state index is 0.0600. The van der Waals surface area contributed by atoms with E-state index < -0.39 is 0 Å². The quantitative estimate of drug-likeness (QED) is 0.818. The van der Waals surface area contributed by atoms with Crippen molar-refractivity contribution in [2.24, 2.45) is 11.7 Å². The van der Waals surface area contributed by atoms with Gasteiger partial charge in [0.25, 0.3) is 0 Å². The highest BCUT2D eigenvalue weighted by Crippen LogP contribution is 2.34. The molecule has 1 fully saturated rings. The predicted octanol–water partition coefficient (Wildman–Crippen LogP) is 2.76. The lowest BCUT2D eigenvalue weighted by atomic mass is 9.93. The third-order valence-electron chi connectivity index (χ3n) is 5.66. The Bertz CT molecular complexity index is 780. The number of primary amides is 1. The SMILES string of the molecule is CCC(C)(C)n1nnnc1[C@@H](c1ccc(Cl)cc1)N1CCC(C(N)=O)CC1. The average molecular weight is 391 g/mol. The molecule has 1 aliphatic rings. The standard InChI is InChI=1S/C19H27ClN6O/c1-4-19(2,3)26-18(22-23-24-26)16(13-5-7-15(20)8-6-13)25-11-9-14(10-12-25)17(21)27/h5-8,14,16H,4,9-12H2,1-3H3,(H2,21,27)/t16-/m1/s1. The van der Waals surface area contributed by atoms with Gasteiger partial charge in [0.2, 0.25) is 5.91 Å². The smallest absolute Gasteiger partial charge is 0.220 e. The van der Waals surface area contributed by atoms with Gasteiger partial charge in [0, 0.05) is 10.9 Å². The number of nitrogens with zero attached hydrogens (tertiary/aromatic N) is 5. The van der Waals surface area contributed by atoms with Gasteiger partial charge in [0.05, 0.1) is 11.6 Å². The minimum atomic E-state index is -0.213. The minimum Gasteiger partial charge on any atom is -0.369 e. The average Bonchev–Trinajstić information content (AvgIpc) is 3.14. The monoisotopic (exact) mass is 390 g/mol. The van der Waals surface area contributed by atoms with Crippen LogP contribution in [0, 0.1) is 5.92 Å². The highest BCUT2D eigenvalue weighted by molar-refractivity contribution is 6.30. The Labute approximate surface area is 164 Å². The lowest BCUT2D eigenvalue weighted by molar-refractivity contribution is -0.123. The van der Waals surface area contributed by atoms with Crippen molar-refractivity contribution in [1.29, 1.82) is 0 Å². The van der Waals surface area contributed by atoms with Gasteiger partial charge in [0.1, 0.15) is 0 Å². The number of likely N-dealkylation sites (tertiary alicyclic amines) is 1. The van der Waals surface area contributed by atoms with Gasteiger partial charge in [-0.3, -0.25) is 9.69 Å². The fraction of sp³-hybridized carbons (Fsp3) is 0.579. The molecule has 2 aromatic rings. The van der Waals surface area contributed by atoms with Crippen LogP contribution in [0.5, 0.6) is 0 Å². The van der Waals surface area contributed by atoms with Crippen LogP contribution in [-0.4, -0.2) is 44.1 Å². The molecule has 3 rings (SSSR count). The van der Waals surface area contributed by atoms with Crippen LogP contribution >= 0.6 is 11.6 Å². The molecule has 0 aliphatic carbocycles. The third-order valence-corrected chi connectivity index (χ3v) is 5.91. The molecule has 1 aliphatic heterocycles. The molecule has 0 unspecified atom stereocenters. The number of halogens is 1. The van der Waals surface area contributed by atoms with Gasteiger partial charge in [-0.15, -0.1) is 5.10 Å². The third kappa shape index (κ3) is 4.14. The number of aromatic nitrogens is 4. The second-order valence-corrected chi connectivity index (χ2v) is 8.22. The van der Waals surface area contributed by atoms with E-state index in [1.165, 1.54) is 0 Å². The topological polar surface area (TPSA) is 89.9 Å². The number of rotatable bonds is 6. The largest absolute Gasteiger partial charge is 0.369 e. The first-order valence-electron chi connectivity index (χ1n) is 9.41. The maximum atomic E-state index is 11.5. The molecule has 0 saturated carbocycles. The van der Waals surface area contributed by atoms with Crippen molar-refractivity contribution in [3.8, 4) is 0 Å². The number of nitrogens with two attached hydrogens (primary N) is 1. The maximum Gasteiger partial charge on any atom is 0.220 e. The summed E-state index contributed by atoms with van der Waals surface area (Å²) in [5.74, 6) is 0.534. The molecule has 0 spiro atoms. The summed E-state index contributed by atoms with van der Waals surface area (Å²) >= 11 is 6.10. The van der Waals surface area contributed by atoms with Gasteiger partial charge in [-0.2, -0.15) is 0 Å². The fourth-order valence-corrected chi connectivity index (χ4v) is 3.68. The van der Waals surface area contributed by atoms with Crippen molar-refractivity contribution >= 4 is 17.5 Å². The molecule has 0 radical (unpaired) electrons. The van der Waals surface area contributed by atoms with E-state index in [1.807, 2.05) is 28.9 Å². The first-order valence-corrected chi connectivity index (χ1v) is 9.79. The van der Waals surface area contributed by atoms with Gasteiger partial charge in [0.15, 0.2) is 5.82 Å². The van der Waals surface area contributed by atoms with Crippen LogP contribution in [0.2, 0.25) is 5.02 Å². The zero-order valence-corrected chi connectivity index (χ0v) is 16.9. The number of tetrazole rings is 1. The number of amides is 1. The van der Waals surface area contributed by atoms with Crippen molar-refractivity contribution in [1.82, 2.24) is 25.1 Å². The maximum absolute atomic E-state index is 11.5. The zero-order chi connectivity index (χ0) is 19.6. The van der Waals surface area contributed by atoms with Crippen molar-refractivity contribution in [3.05, 3.63) is 40.7 Å². The lowest BCUT2D eigenvalue weighted by Crippen LogP contribution is -2.42. The summed E-state index contributed by atoms with van der Waals surface area (Å²) in [5.41, 5.74) is 6.39. The fourth-order valence-electron chi connectivity index (χ4n) is 3.56. The molecular formula is C19H27ClN6O. The summed E-state index contributed by atoms with van der Waals surface area (Å²) in [7, 11) is 0. The van der Waals surface area contributed by atoms with E-state index in [4.69, 9.17) is 17.3 Å². The van der Waals surface area contributed by atoms with E-state index in [0.717, 1.165) is 43.7 Å². The number of carbonyl (C=O) groups excluding carboxylic acids is 1. The zero-order valence-electron chi connectivity index (χ0n) is 16.1. The van der Waals surface area contributed by atoms with Crippen molar-refractivity contribution in [2.45, 2.75) is 51.6 Å². The summed E-state index contributed by atoms with van der Waals surface area (Å²) in [5, 5.41) is 13.4. The van der Waals surface area contributed by atoms with E-state index in [1.54, 1.807) is 0 Å². The summed E-state index contributed by atoms with van der Waals surface area (Å²) in [6.45, 7) is 7.91. The van der Waals surface area contributed by atoms with Crippen LogP contribution in [0.4, 0.5) is 0 Å². The lowest BCUT2D eigenvalue weighted by Gasteiger charge is -2.37. The summed E-state index contributed by atoms with van der Waals surface area (Å²) in [4.78, 5) is 13.9. The summed E-state index contributed by atoms with van der Waals surface area (Å²) in [6, 6.07) is 7.71. The van der Waals surface area contributed by atoms with Crippen LogP contribution in [0.15, 0.2) is 24.3 Å². The molecule has 0 bridgehead atoms. The Morgan fingerprint density at radius 1 is 1.30 bits per heavy atom. The second-order valence-electron chi connectivity index (χ2n) is 7.78. The molecular weight excluding hydrogens is 364 g/mol. The molecule has 146 valence electrons. The molecule has 1 atom stereocenters. The Hall–Kier alpha value is -1.99. The van der Waals surface area contributed by atoms with E-state index in [2.05, 4.69) is 41.2 Å². The normalized spacial score (nSPS) is 17.8. The number of hydrogen-bond donors (Lipinski definition) is 1. The van der Waals surface area contributed by atoms with Crippen molar-refractivity contribution < 1.29 is 4.79 Å². The molecule has 1 amide bonds. The van der Waals surface area contributed by atoms with Crippen molar-refractivity contribution in [2.75, 3.05) is 13.1 Å². The second kappa shape index (κ2) is 7.94. The molecule has 2 N–H and O–H groups in total.